The fourth-order valence-corrected chi connectivity index (χ4v) is 1.63. The summed E-state index contributed by atoms with van der Waals surface area (Å²) in [6.07, 6.45) is 2.64. The zero-order valence-corrected chi connectivity index (χ0v) is 7.74. The molecule has 66 valence electrons. The Bertz CT molecular complexity index is 106. The molecule has 0 spiro atoms. The summed E-state index contributed by atoms with van der Waals surface area (Å²) in [5, 5.41) is 6.82. The van der Waals surface area contributed by atoms with Gasteiger partial charge in [0.2, 0.25) is 0 Å². The van der Waals surface area contributed by atoms with Gasteiger partial charge in [-0.1, -0.05) is 13.8 Å². The molecule has 0 aliphatic carbocycles. The molecule has 1 aliphatic rings. The molecule has 1 rings (SSSR count). The Morgan fingerprint density at radius 1 is 1.36 bits per heavy atom. The van der Waals surface area contributed by atoms with Crippen LogP contribution in [-0.4, -0.2) is 26.2 Å². The van der Waals surface area contributed by atoms with Gasteiger partial charge >= 0.3 is 0 Å². The molecule has 0 bridgehead atoms. The van der Waals surface area contributed by atoms with Crippen molar-refractivity contribution < 1.29 is 0 Å². The third kappa shape index (κ3) is 2.80. The van der Waals surface area contributed by atoms with Crippen molar-refractivity contribution in [2.75, 3.05) is 26.2 Å². The van der Waals surface area contributed by atoms with Crippen LogP contribution in [0.4, 0.5) is 0 Å². The van der Waals surface area contributed by atoms with Gasteiger partial charge in [0, 0.05) is 6.54 Å². The summed E-state index contributed by atoms with van der Waals surface area (Å²) in [7, 11) is 0. The van der Waals surface area contributed by atoms with Crippen LogP contribution in [0, 0.1) is 5.41 Å². The minimum atomic E-state index is 0.557. The second-order valence-electron chi connectivity index (χ2n) is 3.84. The van der Waals surface area contributed by atoms with Gasteiger partial charge < -0.3 is 10.6 Å². The molecule has 0 saturated carbocycles. The maximum Gasteiger partial charge on any atom is 0.000600 e. The van der Waals surface area contributed by atoms with Gasteiger partial charge in [0.05, 0.1) is 0 Å². The Labute approximate surface area is 69.8 Å². The summed E-state index contributed by atoms with van der Waals surface area (Å²) in [6, 6.07) is 0. The van der Waals surface area contributed by atoms with Crippen molar-refractivity contribution in [3.05, 3.63) is 0 Å². The maximum atomic E-state index is 3.43. The molecule has 1 heterocycles. The number of piperidine rings is 1. The summed E-state index contributed by atoms with van der Waals surface area (Å²) < 4.78 is 0. The van der Waals surface area contributed by atoms with Crippen LogP contribution in [0.2, 0.25) is 0 Å². The van der Waals surface area contributed by atoms with Gasteiger partial charge in [0.1, 0.15) is 0 Å². The number of hydrogen-bond acceptors (Lipinski definition) is 2. The molecule has 1 fully saturated rings. The highest BCUT2D eigenvalue weighted by Crippen LogP contribution is 2.26. The Balaban J connectivity index is 2.25. The molecular weight excluding hydrogens is 136 g/mol. The van der Waals surface area contributed by atoms with E-state index in [-0.39, 0.29) is 0 Å². The van der Waals surface area contributed by atoms with Crippen LogP contribution in [0.5, 0.6) is 0 Å². The smallest absolute Gasteiger partial charge is 0.000600 e. The van der Waals surface area contributed by atoms with Crippen LogP contribution < -0.4 is 10.6 Å². The van der Waals surface area contributed by atoms with E-state index in [1.54, 1.807) is 0 Å². The van der Waals surface area contributed by atoms with Gasteiger partial charge in [-0.05, 0) is 37.9 Å². The molecule has 2 nitrogen and oxygen atoms in total. The molecule has 2 heteroatoms. The number of nitrogens with one attached hydrogen (secondary N) is 2. The Morgan fingerprint density at radius 2 is 2.00 bits per heavy atom. The van der Waals surface area contributed by atoms with E-state index < -0.39 is 0 Å². The predicted molar refractivity (Wildman–Crippen MR) is 48.8 cm³/mol. The van der Waals surface area contributed by atoms with E-state index in [1.807, 2.05) is 0 Å². The monoisotopic (exact) mass is 156 g/mol. The standard InChI is InChI=1S/C9H20N2/c1-3-10-8-9(2)4-6-11-7-5-9/h10-11H,3-8H2,1-2H3. The van der Waals surface area contributed by atoms with Gasteiger partial charge in [0.15, 0.2) is 0 Å². The van der Waals surface area contributed by atoms with E-state index in [1.165, 1.54) is 32.5 Å². The quantitative estimate of drug-likeness (QED) is 0.636. The zero-order valence-electron chi connectivity index (χ0n) is 7.74. The minimum absolute atomic E-state index is 0.557. The van der Waals surface area contributed by atoms with Gasteiger partial charge in [-0.3, -0.25) is 0 Å². The van der Waals surface area contributed by atoms with Crippen LogP contribution in [-0.2, 0) is 0 Å². The normalized spacial score (nSPS) is 23.5. The molecule has 2 N–H and O–H groups in total. The summed E-state index contributed by atoms with van der Waals surface area (Å²) in [5.41, 5.74) is 0.557. The zero-order chi connectivity index (χ0) is 8.16. The Morgan fingerprint density at radius 3 is 2.55 bits per heavy atom. The molecule has 11 heavy (non-hydrogen) atoms. The lowest BCUT2D eigenvalue weighted by Crippen LogP contribution is -2.41. The van der Waals surface area contributed by atoms with Crippen LogP contribution in [0.1, 0.15) is 26.7 Å². The summed E-state index contributed by atoms with van der Waals surface area (Å²) in [5.74, 6) is 0. The molecule has 0 unspecified atom stereocenters. The first-order valence-corrected chi connectivity index (χ1v) is 4.68. The van der Waals surface area contributed by atoms with Crippen LogP contribution in [0.15, 0.2) is 0 Å². The lowest BCUT2D eigenvalue weighted by atomic mass is 9.81. The third-order valence-corrected chi connectivity index (χ3v) is 2.61. The predicted octanol–water partition coefficient (Wildman–Crippen LogP) is 0.986. The van der Waals surface area contributed by atoms with Gasteiger partial charge in [-0.25, -0.2) is 0 Å². The van der Waals surface area contributed by atoms with Crippen molar-refractivity contribution in [1.29, 1.82) is 0 Å². The molecule has 1 aliphatic heterocycles. The topological polar surface area (TPSA) is 24.1 Å². The second kappa shape index (κ2) is 4.07. The SMILES string of the molecule is CCNCC1(C)CCNCC1. The number of hydrogen-bond donors (Lipinski definition) is 2. The molecule has 0 aromatic heterocycles. The van der Waals surface area contributed by atoms with Crippen LogP contribution in [0.25, 0.3) is 0 Å². The van der Waals surface area contributed by atoms with Gasteiger partial charge in [-0.2, -0.15) is 0 Å². The molecule has 0 atom stereocenters. The van der Waals surface area contributed by atoms with E-state index in [0.717, 1.165) is 6.54 Å². The summed E-state index contributed by atoms with van der Waals surface area (Å²) >= 11 is 0. The van der Waals surface area contributed by atoms with Crippen molar-refractivity contribution in [1.82, 2.24) is 10.6 Å². The van der Waals surface area contributed by atoms with Crippen molar-refractivity contribution in [3.63, 3.8) is 0 Å². The molecular formula is C9H20N2. The average Bonchev–Trinajstić information content (AvgIpc) is 2.03. The highest BCUT2D eigenvalue weighted by atomic mass is 14.9. The second-order valence-corrected chi connectivity index (χ2v) is 3.84. The van der Waals surface area contributed by atoms with Gasteiger partial charge in [-0.15, -0.1) is 0 Å². The highest BCUT2D eigenvalue weighted by molar-refractivity contribution is 4.81. The maximum absolute atomic E-state index is 3.43. The third-order valence-electron chi connectivity index (χ3n) is 2.61. The molecule has 1 saturated heterocycles. The lowest BCUT2D eigenvalue weighted by Gasteiger charge is -2.34. The first-order chi connectivity index (χ1) is 5.27. The summed E-state index contributed by atoms with van der Waals surface area (Å²) in [6.45, 7) is 9.24. The average molecular weight is 156 g/mol. The van der Waals surface area contributed by atoms with Crippen LogP contribution >= 0.6 is 0 Å². The van der Waals surface area contributed by atoms with Crippen LogP contribution in [0.3, 0.4) is 0 Å². The highest BCUT2D eigenvalue weighted by Gasteiger charge is 2.25. The van der Waals surface area contributed by atoms with Crippen molar-refractivity contribution in [2.45, 2.75) is 26.7 Å². The Kier molecular flexibility index (Phi) is 3.34. The van der Waals surface area contributed by atoms with Crippen molar-refractivity contribution >= 4 is 0 Å². The molecule has 0 radical (unpaired) electrons. The first-order valence-electron chi connectivity index (χ1n) is 4.68. The molecule has 0 aromatic carbocycles. The lowest BCUT2D eigenvalue weighted by molar-refractivity contribution is 0.222. The van der Waals surface area contributed by atoms with Crippen molar-refractivity contribution in [2.24, 2.45) is 5.41 Å². The van der Waals surface area contributed by atoms with Crippen molar-refractivity contribution in [3.8, 4) is 0 Å². The summed E-state index contributed by atoms with van der Waals surface area (Å²) in [4.78, 5) is 0. The van der Waals surface area contributed by atoms with E-state index in [4.69, 9.17) is 0 Å². The van der Waals surface area contributed by atoms with E-state index in [2.05, 4.69) is 24.5 Å². The minimum Gasteiger partial charge on any atom is -0.317 e. The fraction of sp³-hybridized carbons (Fsp3) is 1.00. The first kappa shape index (κ1) is 9.01. The Hall–Kier alpha value is -0.0800. The van der Waals surface area contributed by atoms with E-state index in [0.29, 0.717) is 5.41 Å². The fourth-order valence-electron chi connectivity index (χ4n) is 1.63. The van der Waals surface area contributed by atoms with E-state index >= 15 is 0 Å². The largest absolute Gasteiger partial charge is 0.317 e. The van der Waals surface area contributed by atoms with E-state index in [9.17, 15) is 0 Å². The molecule has 0 amide bonds. The van der Waals surface area contributed by atoms with Gasteiger partial charge in [0.25, 0.3) is 0 Å². The number of rotatable bonds is 3. The molecule has 0 aromatic rings.